The Hall–Kier alpha value is -0.990. The number of nitrogens with zero attached hydrogens (tertiary/aromatic N) is 5. The van der Waals surface area contributed by atoms with Crippen molar-refractivity contribution in [2.24, 2.45) is 0 Å². The molecule has 7 nitrogen and oxygen atoms in total. The molecule has 0 aromatic carbocycles. The van der Waals surface area contributed by atoms with Crippen molar-refractivity contribution in [1.29, 1.82) is 0 Å². The maximum atomic E-state index is 10.7. The third-order valence-corrected chi connectivity index (χ3v) is 3.67. The molecule has 1 saturated heterocycles. The van der Waals surface area contributed by atoms with Gasteiger partial charge in [-0.15, -0.1) is 0 Å². The van der Waals surface area contributed by atoms with E-state index in [1.54, 1.807) is 10.9 Å². The molecule has 0 N–H and O–H groups in total. The van der Waals surface area contributed by atoms with E-state index < -0.39 is 4.92 Å². The third kappa shape index (κ3) is 3.27. The Morgan fingerprint density at radius 1 is 1.39 bits per heavy atom. The van der Waals surface area contributed by atoms with Crippen LogP contribution in [-0.4, -0.2) is 64.3 Å². The lowest BCUT2D eigenvalue weighted by molar-refractivity contribution is -0.390. The lowest BCUT2D eigenvalue weighted by Gasteiger charge is -2.31. The fraction of sp³-hybridized carbons (Fsp3) is 0.700. The summed E-state index contributed by atoms with van der Waals surface area (Å²) in [6.45, 7) is 5.78. The van der Waals surface area contributed by atoms with Crippen LogP contribution in [0.4, 0.5) is 5.82 Å². The second kappa shape index (κ2) is 5.77. The molecule has 1 aromatic heterocycles. The van der Waals surface area contributed by atoms with Crippen molar-refractivity contribution in [3.8, 4) is 0 Å². The minimum atomic E-state index is -0.476. The molecule has 2 rings (SSSR count). The van der Waals surface area contributed by atoms with Crippen molar-refractivity contribution in [3.05, 3.63) is 20.8 Å². The first-order chi connectivity index (χ1) is 8.56. The highest BCUT2D eigenvalue weighted by Crippen LogP contribution is 2.21. The van der Waals surface area contributed by atoms with E-state index in [0.29, 0.717) is 11.0 Å². The normalized spacial score (nSPS) is 18.1. The zero-order valence-corrected chi connectivity index (χ0v) is 11.8. The highest BCUT2D eigenvalue weighted by Gasteiger charge is 2.19. The van der Waals surface area contributed by atoms with Crippen LogP contribution in [0.3, 0.4) is 0 Å². The van der Waals surface area contributed by atoms with Crippen LogP contribution in [0.15, 0.2) is 10.7 Å². The van der Waals surface area contributed by atoms with Gasteiger partial charge in [0, 0.05) is 32.7 Å². The minimum absolute atomic E-state index is 0.117. The molecular weight excluding hydrogens is 302 g/mol. The molecule has 1 aromatic rings. The molecule has 0 saturated carbocycles. The van der Waals surface area contributed by atoms with E-state index in [9.17, 15) is 10.1 Å². The molecule has 2 heterocycles. The first kappa shape index (κ1) is 13.4. The van der Waals surface area contributed by atoms with Crippen molar-refractivity contribution in [1.82, 2.24) is 19.6 Å². The number of hydrogen-bond donors (Lipinski definition) is 0. The highest BCUT2D eigenvalue weighted by atomic mass is 79.9. The predicted octanol–water partition coefficient (Wildman–Crippen LogP) is 0.801. The zero-order valence-electron chi connectivity index (χ0n) is 10.3. The molecule has 8 heteroatoms. The van der Waals surface area contributed by atoms with Gasteiger partial charge in [0.25, 0.3) is 0 Å². The van der Waals surface area contributed by atoms with Crippen LogP contribution in [0, 0.1) is 10.1 Å². The lowest BCUT2D eigenvalue weighted by atomic mass is 10.3. The zero-order chi connectivity index (χ0) is 13.1. The van der Waals surface area contributed by atoms with Crippen molar-refractivity contribution < 1.29 is 4.92 Å². The van der Waals surface area contributed by atoms with Gasteiger partial charge in [0.2, 0.25) is 0 Å². The van der Waals surface area contributed by atoms with Crippen LogP contribution < -0.4 is 0 Å². The summed E-state index contributed by atoms with van der Waals surface area (Å²) in [7, 11) is 2.12. The molecule has 1 aliphatic rings. The van der Waals surface area contributed by atoms with Crippen LogP contribution in [0.25, 0.3) is 0 Å². The van der Waals surface area contributed by atoms with Gasteiger partial charge in [0.1, 0.15) is 4.47 Å². The number of likely N-dealkylation sites (N-methyl/N-ethyl adjacent to an activating group) is 1. The topological polar surface area (TPSA) is 67.4 Å². The van der Waals surface area contributed by atoms with E-state index in [0.717, 1.165) is 32.7 Å². The van der Waals surface area contributed by atoms with Crippen molar-refractivity contribution >= 4 is 21.7 Å². The van der Waals surface area contributed by atoms with E-state index in [1.807, 2.05) is 0 Å². The van der Waals surface area contributed by atoms with E-state index in [4.69, 9.17) is 0 Å². The molecule has 0 spiro atoms. The smallest absolute Gasteiger partial charge is 0.358 e. The van der Waals surface area contributed by atoms with Gasteiger partial charge >= 0.3 is 5.82 Å². The lowest BCUT2D eigenvalue weighted by Crippen LogP contribution is -2.45. The number of nitro groups is 1. The summed E-state index contributed by atoms with van der Waals surface area (Å²) >= 11 is 3.15. The molecule has 0 atom stereocenters. The first-order valence-electron chi connectivity index (χ1n) is 5.84. The van der Waals surface area contributed by atoms with E-state index >= 15 is 0 Å². The quantitative estimate of drug-likeness (QED) is 0.607. The summed E-state index contributed by atoms with van der Waals surface area (Å²) in [5, 5.41) is 14.6. The molecule has 0 bridgehead atoms. The van der Waals surface area contributed by atoms with Crippen LogP contribution >= 0.6 is 15.9 Å². The standard InChI is InChI=1S/C10H16BrN5O2/c1-13-2-4-14(5-3-13)6-7-15-8-9(11)10(12-15)16(17)18/h8H,2-7H2,1H3. The molecule has 100 valence electrons. The molecule has 0 radical (unpaired) electrons. The minimum Gasteiger partial charge on any atom is -0.358 e. The summed E-state index contributed by atoms with van der Waals surface area (Å²) in [5.74, 6) is -0.117. The number of halogens is 1. The Morgan fingerprint density at radius 2 is 2.06 bits per heavy atom. The largest absolute Gasteiger partial charge is 0.404 e. The second-order valence-corrected chi connectivity index (χ2v) is 5.32. The van der Waals surface area contributed by atoms with Crippen LogP contribution in [0.5, 0.6) is 0 Å². The summed E-state index contributed by atoms with van der Waals surface area (Å²) in [6, 6.07) is 0. The van der Waals surface area contributed by atoms with Crippen LogP contribution in [-0.2, 0) is 6.54 Å². The third-order valence-electron chi connectivity index (χ3n) is 3.11. The molecule has 0 unspecified atom stereocenters. The summed E-state index contributed by atoms with van der Waals surface area (Å²) < 4.78 is 2.06. The van der Waals surface area contributed by atoms with E-state index in [2.05, 4.69) is 37.9 Å². The average Bonchev–Trinajstić information content (AvgIpc) is 2.70. The number of rotatable bonds is 4. The molecule has 0 amide bonds. The van der Waals surface area contributed by atoms with E-state index in [1.165, 1.54) is 0 Å². The predicted molar refractivity (Wildman–Crippen MR) is 70.5 cm³/mol. The molecule has 18 heavy (non-hydrogen) atoms. The first-order valence-corrected chi connectivity index (χ1v) is 6.64. The fourth-order valence-electron chi connectivity index (χ4n) is 1.94. The van der Waals surface area contributed by atoms with Crippen molar-refractivity contribution in [3.63, 3.8) is 0 Å². The van der Waals surface area contributed by atoms with Gasteiger partial charge in [-0.05, 0) is 27.9 Å². The van der Waals surface area contributed by atoms with Crippen LogP contribution in [0.1, 0.15) is 0 Å². The van der Waals surface area contributed by atoms with Gasteiger partial charge in [0.05, 0.1) is 17.8 Å². The summed E-state index contributed by atoms with van der Waals surface area (Å²) in [4.78, 5) is 14.8. The van der Waals surface area contributed by atoms with E-state index in [-0.39, 0.29) is 5.82 Å². The maximum Gasteiger partial charge on any atom is 0.404 e. The van der Waals surface area contributed by atoms with Gasteiger partial charge in [-0.2, -0.15) is 4.68 Å². The highest BCUT2D eigenvalue weighted by molar-refractivity contribution is 9.10. The monoisotopic (exact) mass is 317 g/mol. The van der Waals surface area contributed by atoms with Gasteiger partial charge < -0.3 is 15.0 Å². The summed E-state index contributed by atoms with van der Waals surface area (Å²) in [6.07, 6.45) is 1.66. The fourth-order valence-corrected chi connectivity index (χ4v) is 2.40. The average molecular weight is 318 g/mol. The van der Waals surface area contributed by atoms with Gasteiger partial charge in [0.15, 0.2) is 0 Å². The number of hydrogen-bond acceptors (Lipinski definition) is 5. The maximum absolute atomic E-state index is 10.7. The van der Waals surface area contributed by atoms with Gasteiger partial charge in [-0.25, -0.2) is 0 Å². The molecule has 0 aliphatic carbocycles. The molecule has 1 fully saturated rings. The number of piperazine rings is 1. The van der Waals surface area contributed by atoms with Gasteiger partial charge in [-0.3, -0.25) is 4.90 Å². The molecular formula is C10H16BrN5O2. The number of aromatic nitrogens is 2. The van der Waals surface area contributed by atoms with Crippen molar-refractivity contribution in [2.75, 3.05) is 39.8 Å². The SMILES string of the molecule is CN1CCN(CCn2cc(Br)c([N+](=O)[O-])n2)CC1. The van der Waals surface area contributed by atoms with Crippen LogP contribution in [0.2, 0.25) is 0 Å². The Balaban J connectivity index is 1.86. The second-order valence-electron chi connectivity index (χ2n) is 4.47. The Bertz CT molecular complexity index is 428. The van der Waals surface area contributed by atoms with Gasteiger partial charge in [-0.1, -0.05) is 0 Å². The summed E-state index contributed by atoms with van der Waals surface area (Å²) in [5.41, 5.74) is 0. The Labute approximate surface area is 114 Å². The Kier molecular flexibility index (Phi) is 4.31. The Morgan fingerprint density at radius 3 is 2.61 bits per heavy atom. The molecule has 1 aliphatic heterocycles. The van der Waals surface area contributed by atoms with Crippen molar-refractivity contribution in [2.45, 2.75) is 6.54 Å².